The summed E-state index contributed by atoms with van der Waals surface area (Å²) in [4.78, 5) is 5.71. The molecule has 0 saturated heterocycles. The minimum atomic E-state index is 0.361. The average molecular weight is 162 g/mol. The van der Waals surface area contributed by atoms with Crippen LogP contribution in [0, 0.1) is 11.3 Å². The molecule has 0 unspecified atom stereocenters. The molecule has 0 atom stereocenters. The van der Waals surface area contributed by atoms with Crippen LogP contribution in [0.25, 0.3) is 0 Å². The van der Waals surface area contributed by atoms with E-state index < -0.39 is 0 Å². The molecule has 4 heteroatoms. The van der Waals surface area contributed by atoms with Crippen molar-refractivity contribution < 1.29 is 0 Å². The molecule has 1 heterocycles. The largest absolute Gasteiger partial charge is 0.384 e. The Morgan fingerprint density at radius 1 is 1.50 bits per heavy atom. The van der Waals surface area contributed by atoms with Crippen molar-refractivity contribution in [1.29, 1.82) is 5.26 Å². The van der Waals surface area contributed by atoms with Crippen LogP contribution in [-0.4, -0.2) is 19.1 Å². The maximum Gasteiger partial charge on any atom is 0.166 e. The first-order chi connectivity index (χ1) is 5.65. The maximum absolute atomic E-state index is 8.70. The van der Waals surface area contributed by atoms with E-state index in [4.69, 9.17) is 11.0 Å². The Labute approximate surface area is 71.2 Å². The van der Waals surface area contributed by atoms with Crippen LogP contribution in [0.1, 0.15) is 5.69 Å². The number of rotatable bonds is 1. The predicted octanol–water partition coefficient (Wildman–Crippen LogP) is 0.601. The van der Waals surface area contributed by atoms with E-state index in [0.717, 1.165) is 5.69 Å². The number of nitrogens with zero attached hydrogens (tertiary/aromatic N) is 3. The number of nitrogens with two attached hydrogens (primary N) is 1. The van der Waals surface area contributed by atoms with Crippen molar-refractivity contribution in [2.45, 2.75) is 0 Å². The lowest BCUT2D eigenvalue weighted by Gasteiger charge is -2.12. The highest BCUT2D eigenvalue weighted by Crippen LogP contribution is 2.16. The fourth-order valence-electron chi connectivity index (χ4n) is 0.910. The van der Waals surface area contributed by atoms with Crippen molar-refractivity contribution in [3.63, 3.8) is 0 Å². The molecule has 4 nitrogen and oxygen atoms in total. The highest BCUT2D eigenvalue weighted by molar-refractivity contribution is 5.57. The van der Waals surface area contributed by atoms with E-state index in [1.807, 2.05) is 25.1 Å². The van der Waals surface area contributed by atoms with Gasteiger partial charge >= 0.3 is 0 Å². The fourth-order valence-corrected chi connectivity index (χ4v) is 0.910. The Hall–Kier alpha value is -1.76. The molecule has 0 aromatic carbocycles. The summed E-state index contributed by atoms with van der Waals surface area (Å²) in [6, 6.07) is 5.44. The molecule has 0 radical (unpaired) electrons. The molecular weight excluding hydrogens is 152 g/mol. The van der Waals surface area contributed by atoms with Gasteiger partial charge in [0.15, 0.2) is 5.69 Å². The SMILES string of the molecule is CN(C)c1ccc(N)nc1C#N. The monoisotopic (exact) mass is 162 g/mol. The van der Waals surface area contributed by atoms with Gasteiger partial charge in [-0.25, -0.2) is 4.98 Å². The lowest BCUT2D eigenvalue weighted by molar-refractivity contribution is 1.10. The zero-order chi connectivity index (χ0) is 9.14. The molecule has 12 heavy (non-hydrogen) atoms. The van der Waals surface area contributed by atoms with Gasteiger partial charge in [-0.05, 0) is 12.1 Å². The van der Waals surface area contributed by atoms with Crippen molar-refractivity contribution in [3.8, 4) is 6.07 Å². The second-order valence-corrected chi connectivity index (χ2v) is 2.61. The van der Waals surface area contributed by atoms with Crippen molar-refractivity contribution in [2.75, 3.05) is 24.7 Å². The molecular formula is C8H10N4. The van der Waals surface area contributed by atoms with Crippen LogP contribution in [0.4, 0.5) is 11.5 Å². The molecule has 0 spiro atoms. The van der Waals surface area contributed by atoms with Crippen LogP contribution in [0.2, 0.25) is 0 Å². The Kier molecular flexibility index (Phi) is 2.15. The third kappa shape index (κ3) is 1.45. The number of anilines is 2. The Balaban J connectivity index is 3.23. The first-order valence-electron chi connectivity index (χ1n) is 3.49. The van der Waals surface area contributed by atoms with E-state index in [1.165, 1.54) is 0 Å². The summed E-state index contributed by atoms with van der Waals surface area (Å²) in [5, 5.41) is 8.70. The molecule has 0 aliphatic rings. The Bertz CT molecular complexity index is 324. The molecule has 1 aromatic rings. The van der Waals surface area contributed by atoms with Gasteiger partial charge in [0.05, 0.1) is 5.69 Å². The second-order valence-electron chi connectivity index (χ2n) is 2.61. The topological polar surface area (TPSA) is 65.9 Å². The minimum Gasteiger partial charge on any atom is -0.384 e. The van der Waals surface area contributed by atoms with Gasteiger partial charge in [0.25, 0.3) is 0 Å². The number of aromatic nitrogens is 1. The van der Waals surface area contributed by atoms with E-state index in [9.17, 15) is 0 Å². The third-order valence-corrected chi connectivity index (χ3v) is 1.48. The summed E-state index contributed by atoms with van der Waals surface area (Å²) in [5.41, 5.74) is 6.57. The first-order valence-corrected chi connectivity index (χ1v) is 3.49. The molecule has 62 valence electrons. The summed E-state index contributed by atoms with van der Waals surface area (Å²) < 4.78 is 0. The predicted molar refractivity (Wildman–Crippen MR) is 47.7 cm³/mol. The minimum absolute atomic E-state index is 0.361. The van der Waals surface area contributed by atoms with Crippen LogP contribution >= 0.6 is 0 Å². The van der Waals surface area contributed by atoms with Gasteiger partial charge in [-0.15, -0.1) is 0 Å². The summed E-state index contributed by atoms with van der Waals surface area (Å²) in [6.07, 6.45) is 0. The normalized spacial score (nSPS) is 9.08. The van der Waals surface area contributed by atoms with Crippen LogP contribution in [0.15, 0.2) is 12.1 Å². The summed E-state index contributed by atoms with van der Waals surface area (Å²) in [7, 11) is 3.71. The van der Waals surface area contributed by atoms with Gasteiger partial charge in [0.1, 0.15) is 11.9 Å². The quantitative estimate of drug-likeness (QED) is 0.656. The van der Waals surface area contributed by atoms with Crippen LogP contribution in [0.3, 0.4) is 0 Å². The van der Waals surface area contributed by atoms with E-state index in [0.29, 0.717) is 11.5 Å². The van der Waals surface area contributed by atoms with Gasteiger partial charge in [0.2, 0.25) is 0 Å². The molecule has 2 N–H and O–H groups in total. The van der Waals surface area contributed by atoms with Gasteiger partial charge in [-0.3, -0.25) is 0 Å². The fraction of sp³-hybridized carbons (Fsp3) is 0.250. The summed E-state index contributed by atoms with van der Waals surface area (Å²) >= 11 is 0. The maximum atomic E-state index is 8.70. The molecule has 1 aromatic heterocycles. The van der Waals surface area contributed by atoms with Crippen molar-refractivity contribution in [2.24, 2.45) is 0 Å². The third-order valence-electron chi connectivity index (χ3n) is 1.48. The zero-order valence-corrected chi connectivity index (χ0v) is 7.07. The average Bonchev–Trinajstić information content (AvgIpc) is 2.03. The summed E-state index contributed by atoms with van der Waals surface area (Å²) in [5.74, 6) is 0.372. The lowest BCUT2D eigenvalue weighted by Crippen LogP contribution is -2.11. The van der Waals surface area contributed by atoms with Gasteiger partial charge < -0.3 is 10.6 Å². The Morgan fingerprint density at radius 3 is 2.67 bits per heavy atom. The van der Waals surface area contributed by atoms with Gasteiger partial charge in [-0.2, -0.15) is 5.26 Å². The number of hydrogen-bond donors (Lipinski definition) is 1. The molecule has 0 amide bonds. The zero-order valence-electron chi connectivity index (χ0n) is 7.07. The second kappa shape index (κ2) is 3.09. The van der Waals surface area contributed by atoms with E-state index in [1.54, 1.807) is 12.1 Å². The number of pyridine rings is 1. The van der Waals surface area contributed by atoms with Crippen molar-refractivity contribution in [3.05, 3.63) is 17.8 Å². The van der Waals surface area contributed by atoms with Gasteiger partial charge in [-0.1, -0.05) is 0 Å². The van der Waals surface area contributed by atoms with Crippen molar-refractivity contribution >= 4 is 11.5 Å². The van der Waals surface area contributed by atoms with Gasteiger partial charge in [0, 0.05) is 14.1 Å². The Morgan fingerprint density at radius 2 is 2.17 bits per heavy atom. The number of hydrogen-bond acceptors (Lipinski definition) is 4. The first kappa shape index (κ1) is 8.34. The lowest BCUT2D eigenvalue weighted by atomic mass is 10.3. The molecule has 0 saturated carbocycles. The van der Waals surface area contributed by atoms with E-state index >= 15 is 0 Å². The number of nitriles is 1. The highest BCUT2D eigenvalue weighted by Gasteiger charge is 2.04. The van der Waals surface area contributed by atoms with E-state index in [-0.39, 0.29) is 0 Å². The van der Waals surface area contributed by atoms with Crippen LogP contribution in [-0.2, 0) is 0 Å². The molecule has 0 aliphatic carbocycles. The molecule has 0 fully saturated rings. The smallest absolute Gasteiger partial charge is 0.166 e. The van der Waals surface area contributed by atoms with Crippen molar-refractivity contribution in [1.82, 2.24) is 4.98 Å². The van der Waals surface area contributed by atoms with E-state index in [2.05, 4.69) is 4.98 Å². The highest BCUT2D eigenvalue weighted by atomic mass is 15.1. The summed E-state index contributed by atoms with van der Waals surface area (Å²) in [6.45, 7) is 0. The molecule has 0 bridgehead atoms. The van der Waals surface area contributed by atoms with Crippen LogP contribution < -0.4 is 10.6 Å². The standard InChI is InChI=1S/C8H10N4/c1-12(2)7-3-4-8(10)11-6(7)5-9/h3-4H,1-2H3,(H2,10,11). The number of nitrogen functional groups attached to an aromatic ring is 1. The van der Waals surface area contributed by atoms with Crippen LogP contribution in [0.5, 0.6) is 0 Å². The molecule has 1 rings (SSSR count). The molecule has 0 aliphatic heterocycles.